The van der Waals surface area contributed by atoms with Gasteiger partial charge in [0, 0.05) is 11.8 Å². The van der Waals surface area contributed by atoms with Crippen molar-refractivity contribution in [2.75, 3.05) is 11.1 Å². The standard InChI is InChI=1S/C15H22N6O2S/c1-2-7-24-15-17-13(16-8-3-4-8)11-14(18-15)21(20-19-11)9-5-6-10(22)12(9)23/h8-10,12,22-23H,2-7H2,1H3,(H,16,17,18)/t9-,10-,12+/m1/s1. The van der Waals surface area contributed by atoms with Crippen LogP contribution in [0.1, 0.15) is 45.1 Å². The van der Waals surface area contributed by atoms with Crippen LogP contribution >= 0.6 is 11.8 Å². The molecule has 9 heteroatoms. The van der Waals surface area contributed by atoms with Gasteiger partial charge in [-0.25, -0.2) is 14.6 Å². The zero-order valence-corrected chi connectivity index (χ0v) is 14.4. The van der Waals surface area contributed by atoms with Crippen molar-refractivity contribution in [3.05, 3.63) is 0 Å². The normalized spacial score (nSPS) is 27.0. The fraction of sp³-hybridized carbons (Fsp3) is 0.733. The van der Waals surface area contributed by atoms with Gasteiger partial charge in [-0.15, -0.1) is 5.10 Å². The largest absolute Gasteiger partial charge is 0.390 e. The summed E-state index contributed by atoms with van der Waals surface area (Å²) in [6, 6.07) is 0.161. The maximum absolute atomic E-state index is 10.2. The second-order valence-corrected chi connectivity index (χ2v) is 7.59. The minimum atomic E-state index is -0.837. The van der Waals surface area contributed by atoms with Gasteiger partial charge in [0.25, 0.3) is 0 Å². The minimum Gasteiger partial charge on any atom is -0.390 e. The third kappa shape index (κ3) is 2.96. The van der Waals surface area contributed by atoms with Gasteiger partial charge < -0.3 is 15.5 Å². The van der Waals surface area contributed by atoms with Crippen LogP contribution < -0.4 is 5.32 Å². The van der Waals surface area contributed by atoms with E-state index in [2.05, 4.69) is 32.5 Å². The lowest BCUT2D eigenvalue weighted by Gasteiger charge is -2.16. The van der Waals surface area contributed by atoms with Crippen LogP contribution in [0.25, 0.3) is 11.2 Å². The van der Waals surface area contributed by atoms with Gasteiger partial charge in [0.15, 0.2) is 22.1 Å². The second kappa shape index (κ2) is 6.45. The van der Waals surface area contributed by atoms with Gasteiger partial charge in [-0.3, -0.25) is 0 Å². The molecule has 2 saturated carbocycles. The molecule has 0 amide bonds. The van der Waals surface area contributed by atoms with Crippen LogP contribution in [0.2, 0.25) is 0 Å². The number of aromatic nitrogens is 5. The lowest BCUT2D eigenvalue weighted by molar-refractivity contribution is 0.0215. The smallest absolute Gasteiger partial charge is 0.191 e. The lowest BCUT2D eigenvalue weighted by Crippen LogP contribution is -2.28. The number of thioether (sulfide) groups is 1. The van der Waals surface area contributed by atoms with Crippen molar-refractivity contribution in [3.8, 4) is 0 Å². The highest BCUT2D eigenvalue weighted by Gasteiger charge is 2.37. The third-order valence-corrected chi connectivity index (χ3v) is 5.57. The van der Waals surface area contributed by atoms with E-state index >= 15 is 0 Å². The zero-order chi connectivity index (χ0) is 16.7. The highest BCUT2D eigenvalue weighted by molar-refractivity contribution is 7.99. The summed E-state index contributed by atoms with van der Waals surface area (Å²) in [5, 5.41) is 32.6. The Kier molecular flexibility index (Phi) is 4.31. The maximum atomic E-state index is 10.2. The molecule has 24 heavy (non-hydrogen) atoms. The van der Waals surface area contributed by atoms with Crippen LogP contribution in [-0.4, -0.2) is 59.2 Å². The van der Waals surface area contributed by atoms with E-state index in [0.29, 0.717) is 35.2 Å². The number of fused-ring (bicyclic) bond motifs is 1. The first kappa shape index (κ1) is 16.0. The summed E-state index contributed by atoms with van der Waals surface area (Å²) < 4.78 is 1.66. The van der Waals surface area contributed by atoms with Gasteiger partial charge >= 0.3 is 0 Å². The van der Waals surface area contributed by atoms with E-state index in [1.54, 1.807) is 16.4 Å². The number of aliphatic hydroxyl groups is 2. The fourth-order valence-electron chi connectivity index (χ4n) is 3.02. The number of hydrogen-bond acceptors (Lipinski definition) is 8. The Morgan fingerprint density at radius 2 is 2.04 bits per heavy atom. The SMILES string of the molecule is CCCSc1nc(NC2CC2)c2nnn([C@@H]3CC[C@@H](O)[C@H]3O)c2n1. The summed E-state index contributed by atoms with van der Waals surface area (Å²) in [5.74, 6) is 1.67. The summed E-state index contributed by atoms with van der Waals surface area (Å²) in [4.78, 5) is 9.23. The van der Waals surface area contributed by atoms with Crippen molar-refractivity contribution in [1.29, 1.82) is 0 Å². The van der Waals surface area contributed by atoms with E-state index in [9.17, 15) is 10.2 Å². The number of hydrogen-bond donors (Lipinski definition) is 3. The molecule has 3 N–H and O–H groups in total. The molecule has 4 rings (SSSR count). The zero-order valence-electron chi connectivity index (χ0n) is 13.6. The molecule has 0 unspecified atom stereocenters. The highest BCUT2D eigenvalue weighted by Crippen LogP contribution is 2.34. The third-order valence-electron chi connectivity index (χ3n) is 4.52. The Bertz CT molecular complexity index is 734. The summed E-state index contributed by atoms with van der Waals surface area (Å²) in [7, 11) is 0. The predicted octanol–water partition coefficient (Wildman–Crippen LogP) is 1.35. The van der Waals surface area contributed by atoms with Crippen molar-refractivity contribution >= 4 is 28.7 Å². The van der Waals surface area contributed by atoms with Crippen LogP contribution in [0.15, 0.2) is 5.16 Å². The molecule has 8 nitrogen and oxygen atoms in total. The van der Waals surface area contributed by atoms with E-state index in [-0.39, 0.29) is 6.04 Å². The highest BCUT2D eigenvalue weighted by atomic mass is 32.2. The summed E-state index contributed by atoms with van der Waals surface area (Å²) in [6.45, 7) is 2.12. The Labute approximate surface area is 144 Å². The molecular formula is C15H22N6O2S. The van der Waals surface area contributed by atoms with E-state index in [4.69, 9.17) is 0 Å². The topological polar surface area (TPSA) is 109 Å². The maximum Gasteiger partial charge on any atom is 0.191 e. The van der Waals surface area contributed by atoms with E-state index < -0.39 is 12.2 Å². The molecule has 2 aromatic rings. The van der Waals surface area contributed by atoms with Gasteiger partial charge in [-0.2, -0.15) is 0 Å². The van der Waals surface area contributed by atoms with Gasteiger partial charge in [0.2, 0.25) is 0 Å². The quantitative estimate of drug-likeness (QED) is 0.529. The number of nitrogens with zero attached hydrogens (tertiary/aromatic N) is 5. The van der Waals surface area contributed by atoms with Crippen molar-refractivity contribution < 1.29 is 10.2 Å². The van der Waals surface area contributed by atoms with Gasteiger partial charge in [-0.05, 0) is 32.1 Å². The van der Waals surface area contributed by atoms with E-state index in [0.717, 1.165) is 30.8 Å². The molecule has 0 aliphatic heterocycles. The van der Waals surface area contributed by atoms with Crippen molar-refractivity contribution in [2.24, 2.45) is 0 Å². The average Bonchev–Trinajstić information content (AvgIpc) is 3.20. The molecule has 0 radical (unpaired) electrons. The molecule has 3 atom stereocenters. The summed E-state index contributed by atoms with van der Waals surface area (Å²) >= 11 is 1.61. The fourth-order valence-corrected chi connectivity index (χ4v) is 3.71. The van der Waals surface area contributed by atoms with Crippen LogP contribution in [0.5, 0.6) is 0 Å². The Hall–Kier alpha value is -1.45. The molecule has 0 saturated heterocycles. The molecule has 0 spiro atoms. The summed E-state index contributed by atoms with van der Waals surface area (Å²) in [6.07, 6.45) is 3.00. The van der Waals surface area contributed by atoms with Gasteiger partial charge in [-0.1, -0.05) is 23.9 Å². The van der Waals surface area contributed by atoms with Crippen molar-refractivity contribution in [3.63, 3.8) is 0 Å². The summed E-state index contributed by atoms with van der Waals surface area (Å²) in [5.41, 5.74) is 1.27. The molecule has 0 bridgehead atoms. The molecule has 0 aromatic carbocycles. The number of aliphatic hydroxyl groups excluding tert-OH is 2. The van der Waals surface area contributed by atoms with Crippen LogP contribution in [0, 0.1) is 0 Å². The number of rotatable bonds is 6. The molecule has 2 aromatic heterocycles. The molecule has 2 aliphatic carbocycles. The lowest BCUT2D eigenvalue weighted by atomic mass is 10.2. The predicted molar refractivity (Wildman–Crippen MR) is 91.1 cm³/mol. The monoisotopic (exact) mass is 350 g/mol. The Balaban J connectivity index is 1.74. The Morgan fingerprint density at radius 3 is 2.71 bits per heavy atom. The van der Waals surface area contributed by atoms with Gasteiger partial charge in [0.1, 0.15) is 6.10 Å². The van der Waals surface area contributed by atoms with Crippen molar-refractivity contribution in [2.45, 2.75) is 68.5 Å². The number of anilines is 1. The van der Waals surface area contributed by atoms with E-state index in [1.165, 1.54) is 0 Å². The second-order valence-electron chi connectivity index (χ2n) is 6.53. The average molecular weight is 350 g/mol. The number of nitrogens with one attached hydrogen (secondary N) is 1. The molecule has 2 fully saturated rings. The van der Waals surface area contributed by atoms with E-state index in [1.807, 2.05) is 0 Å². The molecule has 130 valence electrons. The van der Waals surface area contributed by atoms with Crippen LogP contribution in [-0.2, 0) is 0 Å². The molecular weight excluding hydrogens is 328 g/mol. The molecule has 2 aliphatic rings. The first-order chi connectivity index (χ1) is 11.7. The first-order valence-corrected chi connectivity index (χ1v) is 9.54. The minimum absolute atomic E-state index is 0.294. The first-order valence-electron chi connectivity index (χ1n) is 8.55. The molecule has 2 heterocycles. The van der Waals surface area contributed by atoms with Crippen molar-refractivity contribution in [1.82, 2.24) is 25.0 Å². The van der Waals surface area contributed by atoms with Gasteiger partial charge in [0.05, 0.1) is 12.1 Å². The Morgan fingerprint density at radius 1 is 1.21 bits per heavy atom. The van der Waals surface area contributed by atoms with Crippen LogP contribution in [0.4, 0.5) is 5.82 Å². The van der Waals surface area contributed by atoms with Crippen LogP contribution in [0.3, 0.4) is 0 Å².